The Morgan fingerprint density at radius 3 is 2.48 bits per heavy atom. The lowest BCUT2D eigenvalue weighted by atomic mass is 9.61. The summed E-state index contributed by atoms with van der Waals surface area (Å²) in [4.78, 5) is 13.8. The molecule has 0 bridgehead atoms. The van der Waals surface area contributed by atoms with E-state index in [0.29, 0.717) is 12.0 Å². The Morgan fingerprint density at radius 1 is 1.39 bits per heavy atom. The number of hydrogen-bond acceptors (Lipinski definition) is 4. The highest BCUT2D eigenvalue weighted by atomic mass is 16.6. The molecule has 1 spiro atoms. The van der Waals surface area contributed by atoms with Crippen LogP contribution in [0, 0.1) is 5.41 Å². The van der Waals surface area contributed by atoms with Crippen LogP contribution < -0.4 is 5.73 Å². The van der Waals surface area contributed by atoms with Gasteiger partial charge in [-0.15, -0.1) is 0 Å². The number of amides is 1. The molecule has 2 N–H and O–H groups in total. The van der Waals surface area contributed by atoms with Crippen LogP contribution >= 0.6 is 0 Å². The molecule has 1 aliphatic heterocycles. The lowest BCUT2D eigenvalue weighted by Crippen LogP contribution is -2.64. The third-order valence-corrected chi connectivity index (χ3v) is 4.75. The van der Waals surface area contributed by atoms with Gasteiger partial charge in [0, 0.05) is 24.7 Å². The molecule has 1 saturated carbocycles. The highest BCUT2D eigenvalue weighted by molar-refractivity contribution is 5.69. The van der Waals surface area contributed by atoms with Gasteiger partial charge in [-0.25, -0.2) is 4.79 Å². The number of aromatic nitrogens is 2. The molecule has 128 valence electrons. The van der Waals surface area contributed by atoms with Crippen LogP contribution in [0.25, 0.3) is 0 Å². The zero-order valence-electron chi connectivity index (χ0n) is 14.8. The van der Waals surface area contributed by atoms with Crippen molar-refractivity contribution in [3.05, 3.63) is 11.9 Å². The molecule has 3 rings (SSSR count). The van der Waals surface area contributed by atoms with Gasteiger partial charge < -0.3 is 15.4 Å². The van der Waals surface area contributed by atoms with Crippen LogP contribution in [0.2, 0.25) is 0 Å². The average molecular weight is 320 g/mol. The van der Waals surface area contributed by atoms with Crippen LogP contribution in [0.15, 0.2) is 6.20 Å². The molecule has 6 heteroatoms. The summed E-state index contributed by atoms with van der Waals surface area (Å²) in [6.45, 7) is 11.5. The van der Waals surface area contributed by atoms with E-state index in [1.165, 1.54) is 0 Å². The molecule has 23 heavy (non-hydrogen) atoms. The highest BCUT2D eigenvalue weighted by Gasteiger charge is 2.55. The van der Waals surface area contributed by atoms with Crippen LogP contribution in [0.3, 0.4) is 0 Å². The lowest BCUT2D eigenvalue weighted by Gasteiger charge is -2.58. The van der Waals surface area contributed by atoms with Crippen molar-refractivity contribution < 1.29 is 9.53 Å². The van der Waals surface area contributed by atoms with Crippen molar-refractivity contribution in [3.63, 3.8) is 0 Å². The van der Waals surface area contributed by atoms with Gasteiger partial charge in [0.1, 0.15) is 5.60 Å². The SMILES string of the molecule is CC(C)c1nn(C2CC3(C2)CN(C(=O)OC(C)(C)C)C3)cc1N. The Bertz CT molecular complexity index is 601. The molecule has 1 amide bonds. The minimum absolute atomic E-state index is 0.197. The van der Waals surface area contributed by atoms with Gasteiger partial charge in [0.05, 0.1) is 17.4 Å². The van der Waals surface area contributed by atoms with E-state index < -0.39 is 5.60 Å². The molecular weight excluding hydrogens is 292 g/mol. The minimum atomic E-state index is -0.429. The molecule has 1 saturated heterocycles. The van der Waals surface area contributed by atoms with Crippen molar-refractivity contribution in [2.24, 2.45) is 5.41 Å². The molecule has 0 unspecified atom stereocenters. The van der Waals surface area contributed by atoms with E-state index in [9.17, 15) is 4.79 Å². The fourth-order valence-electron chi connectivity index (χ4n) is 3.66. The number of rotatable bonds is 2. The molecule has 0 atom stereocenters. The highest BCUT2D eigenvalue weighted by Crippen LogP contribution is 2.54. The molecule has 2 heterocycles. The van der Waals surface area contributed by atoms with Crippen molar-refractivity contribution in [1.82, 2.24) is 14.7 Å². The van der Waals surface area contributed by atoms with Gasteiger partial charge in [-0.1, -0.05) is 13.8 Å². The van der Waals surface area contributed by atoms with Crippen molar-refractivity contribution in [2.75, 3.05) is 18.8 Å². The summed E-state index contributed by atoms with van der Waals surface area (Å²) in [6, 6.07) is 0.408. The molecule has 1 aliphatic carbocycles. The van der Waals surface area contributed by atoms with Crippen LogP contribution in [0.5, 0.6) is 0 Å². The first-order valence-electron chi connectivity index (χ1n) is 8.41. The first-order chi connectivity index (χ1) is 10.6. The quantitative estimate of drug-likeness (QED) is 0.908. The monoisotopic (exact) mass is 320 g/mol. The van der Waals surface area contributed by atoms with E-state index in [0.717, 1.165) is 37.3 Å². The zero-order valence-corrected chi connectivity index (χ0v) is 14.8. The fraction of sp³-hybridized carbons (Fsp3) is 0.765. The molecule has 2 aliphatic rings. The maximum atomic E-state index is 12.0. The second-order valence-corrected chi connectivity index (χ2v) is 8.50. The summed E-state index contributed by atoms with van der Waals surface area (Å²) in [5.41, 5.74) is 7.64. The fourth-order valence-corrected chi connectivity index (χ4v) is 3.66. The summed E-state index contributed by atoms with van der Waals surface area (Å²) in [5, 5.41) is 4.64. The standard InChI is InChI=1S/C17H28N4O2/c1-11(2)14-13(18)8-21(19-14)12-6-17(7-12)9-20(10-17)15(22)23-16(3,4)5/h8,11-12H,6-7,9-10,18H2,1-5H3. The topological polar surface area (TPSA) is 73.4 Å². The van der Waals surface area contributed by atoms with Gasteiger partial charge in [0.25, 0.3) is 0 Å². The normalized spacial score (nSPS) is 20.5. The summed E-state index contributed by atoms with van der Waals surface area (Å²) in [6.07, 6.45) is 3.88. The molecule has 0 aromatic carbocycles. The zero-order chi connectivity index (χ0) is 17.0. The van der Waals surface area contributed by atoms with Crippen molar-refractivity contribution >= 4 is 11.8 Å². The number of carbonyl (C=O) groups excluding carboxylic acids is 1. The van der Waals surface area contributed by atoms with Gasteiger partial charge in [0.15, 0.2) is 0 Å². The number of nitrogen functional groups attached to an aromatic ring is 1. The molecule has 2 fully saturated rings. The second-order valence-electron chi connectivity index (χ2n) is 8.50. The Kier molecular flexibility index (Phi) is 3.61. The van der Waals surface area contributed by atoms with Gasteiger partial charge in [-0.05, 0) is 39.5 Å². The summed E-state index contributed by atoms with van der Waals surface area (Å²) >= 11 is 0. The van der Waals surface area contributed by atoms with Gasteiger partial charge in [-0.3, -0.25) is 4.68 Å². The Balaban J connectivity index is 1.53. The summed E-state index contributed by atoms with van der Waals surface area (Å²) in [5.74, 6) is 0.344. The first-order valence-corrected chi connectivity index (χ1v) is 8.41. The minimum Gasteiger partial charge on any atom is -0.444 e. The van der Waals surface area contributed by atoms with Crippen molar-refractivity contribution in [2.45, 2.75) is 65.0 Å². The largest absolute Gasteiger partial charge is 0.444 e. The van der Waals surface area contributed by atoms with E-state index in [1.807, 2.05) is 31.6 Å². The third-order valence-electron chi connectivity index (χ3n) is 4.75. The van der Waals surface area contributed by atoms with Crippen molar-refractivity contribution in [3.8, 4) is 0 Å². The smallest absolute Gasteiger partial charge is 0.410 e. The summed E-state index contributed by atoms with van der Waals surface area (Å²) < 4.78 is 7.43. The molecule has 1 aromatic heterocycles. The Morgan fingerprint density at radius 2 is 2.00 bits per heavy atom. The van der Waals surface area contributed by atoms with Gasteiger partial charge >= 0.3 is 6.09 Å². The van der Waals surface area contributed by atoms with Crippen LogP contribution in [0.1, 0.15) is 65.1 Å². The average Bonchev–Trinajstić information content (AvgIpc) is 2.65. The van der Waals surface area contributed by atoms with E-state index in [-0.39, 0.29) is 11.5 Å². The van der Waals surface area contributed by atoms with Crippen LogP contribution in [-0.4, -0.2) is 39.5 Å². The molecule has 6 nitrogen and oxygen atoms in total. The van der Waals surface area contributed by atoms with Crippen LogP contribution in [0.4, 0.5) is 10.5 Å². The van der Waals surface area contributed by atoms with Gasteiger partial charge in [-0.2, -0.15) is 5.10 Å². The Labute approximate surface area is 138 Å². The summed E-state index contributed by atoms with van der Waals surface area (Å²) in [7, 11) is 0. The van der Waals surface area contributed by atoms with E-state index in [4.69, 9.17) is 10.5 Å². The number of hydrogen-bond donors (Lipinski definition) is 1. The Hall–Kier alpha value is -1.72. The lowest BCUT2D eigenvalue weighted by molar-refractivity contribution is -0.0928. The number of nitrogens with zero attached hydrogens (tertiary/aromatic N) is 3. The first kappa shape index (κ1) is 16.1. The van der Waals surface area contributed by atoms with E-state index >= 15 is 0 Å². The predicted molar refractivity (Wildman–Crippen MR) is 89.2 cm³/mol. The van der Waals surface area contributed by atoms with Crippen LogP contribution in [-0.2, 0) is 4.74 Å². The predicted octanol–water partition coefficient (Wildman–Crippen LogP) is 3.16. The molecule has 0 radical (unpaired) electrons. The number of carbonyl (C=O) groups is 1. The second kappa shape index (κ2) is 5.14. The maximum absolute atomic E-state index is 12.0. The number of anilines is 1. The third kappa shape index (κ3) is 3.03. The van der Waals surface area contributed by atoms with E-state index in [2.05, 4.69) is 18.9 Å². The number of nitrogens with two attached hydrogens (primary N) is 1. The molecular formula is C17H28N4O2. The van der Waals surface area contributed by atoms with E-state index in [1.54, 1.807) is 4.90 Å². The number of likely N-dealkylation sites (tertiary alicyclic amines) is 1. The van der Waals surface area contributed by atoms with Crippen molar-refractivity contribution in [1.29, 1.82) is 0 Å². The maximum Gasteiger partial charge on any atom is 0.410 e. The number of ether oxygens (including phenoxy) is 1. The molecule has 1 aromatic rings. The van der Waals surface area contributed by atoms with Gasteiger partial charge in [0.2, 0.25) is 0 Å².